The Hall–Kier alpha value is -2.49. The Balaban J connectivity index is 0.000000173. The van der Waals surface area contributed by atoms with Crippen LogP contribution in [0.15, 0.2) is 79.1 Å². The fraction of sp³-hybridized carbons (Fsp3) is 0.100. The van der Waals surface area contributed by atoms with Gasteiger partial charge in [-0.3, -0.25) is 4.68 Å². The van der Waals surface area contributed by atoms with Crippen molar-refractivity contribution in [2.45, 2.75) is 13.8 Å². The van der Waals surface area contributed by atoms with Crippen LogP contribution < -0.4 is 0 Å². The third kappa shape index (κ3) is 5.24. The van der Waals surface area contributed by atoms with Crippen LogP contribution in [0.3, 0.4) is 0 Å². The van der Waals surface area contributed by atoms with Gasteiger partial charge in [0.05, 0.1) is 17.1 Å². The van der Waals surface area contributed by atoms with E-state index in [-0.39, 0.29) is 20.1 Å². The van der Waals surface area contributed by atoms with Crippen molar-refractivity contribution < 1.29 is 20.1 Å². The Kier molecular flexibility index (Phi) is 6.87. The zero-order valence-corrected chi connectivity index (χ0v) is 16.5. The zero-order chi connectivity index (χ0) is 16.8. The molecule has 4 rings (SSSR count). The molecule has 129 valence electrons. The van der Waals surface area contributed by atoms with E-state index < -0.39 is 0 Å². The van der Waals surface area contributed by atoms with Gasteiger partial charge < -0.3 is 0 Å². The van der Waals surface area contributed by atoms with Crippen molar-refractivity contribution in [2.24, 2.45) is 0 Å². The van der Waals surface area contributed by atoms with Gasteiger partial charge in [-0.2, -0.15) is 34.5 Å². The summed E-state index contributed by atoms with van der Waals surface area (Å²) >= 11 is 0. The molecular formula is C20H19IrN4-. The van der Waals surface area contributed by atoms with E-state index in [9.17, 15) is 0 Å². The molecule has 0 bridgehead atoms. The SMILES string of the molecule is Cc1ccn(-c2[c-]cccc2)n1.Cc1ccn(-c2ccccc2)n1.[Ir]. The fourth-order valence-electron chi connectivity index (χ4n) is 2.22. The average Bonchev–Trinajstić information content (AvgIpc) is 3.26. The van der Waals surface area contributed by atoms with Crippen LogP contribution in [-0.2, 0) is 20.1 Å². The van der Waals surface area contributed by atoms with Crippen molar-refractivity contribution in [3.05, 3.63) is 96.6 Å². The molecule has 0 saturated heterocycles. The molecule has 5 heteroatoms. The Morgan fingerprint density at radius 1 is 0.720 bits per heavy atom. The largest absolute Gasteiger partial charge is 0.265 e. The minimum Gasteiger partial charge on any atom is -0.265 e. The van der Waals surface area contributed by atoms with Crippen molar-refractivity contribution in [1.82, 2.24) is 19.6 Å². The molecule has 0 unspecified atom stereocenters. The summed E-state index contributed by atoms with van der Waals surface area (Å²) in [6.07, 6.45) is 3.89. The Morgan fingerprint density at radius 2 is 1.32 bits per heavy atom. The van der Waals surface area contributed by atoms with E-state index >= 15 is 0 Å². The van der Waals surface area contributed by atoms with Gasteiger partial charge in [0.1, 0.15) is 0 Å². The predicted molar refractivity (Wildman–Crippen MR) is 95.4 cm³/mol. The third-order valence-electron chi connectivity index (χ3n) is 3.41. The molecule has 2 heterocycles. The molecule has 0 saturated carbocycles. The maximum Gasteiger partial charge on any atom is 0.0645 e. The predicted octanol–water partition coefficient (Wildman–Crippen LogP) is 4.16. The van der Waals surface area contributed by atoms with E-state index in [1.165, 1.54) is 0 Å². The first-order valence-electron chi connectivity index (χ1n) is 7.79. The number of nitrogens with zero attached hydrogens (tertiary/aromatic N) is 4. The second-order valence-electron chi connectivity index (χ2n) is 5.39. The first-order valence-corrected chi connectivity index (χ1v) is 7.79. The third-order valence-corrected chi connectivity index (χ3v) is 3.41. The van der Waals surface area contributed by atoms with Crippen molar-refractivity contribution in [2.75, 3.05) is 0 Å². The smallest absolute Gasteiger partial charge is 0.0645 e. The molecule has 0 aliphatic carbocycles. The molecule has 0 atom stereocenters. The summed E-state index contributed by atoms with van der Waals surface area (Å²) in [5.74, 6) is 0. The van der Waals surface area contributed by atoms with Crippen molar-refractivity contribution >= 4 is 0 Å². The molecule has 2 aromatic heterocycles. The molecule has 25 heavy (non-hydrogen) atoms. The molecule has 0 spiro atoms. The second-order valence-corrected chi connectivity index (χ2v) is 5.39. The van der Waals surface area contributed by atoms with E-state index in [2.05, 4.69) is 16.3 Å². The van der Waals surface area contributed by atoms with Crippen molar-refractivity contribution in [3.8, 4) is 11.4 Å². The summed E-state index contributed by atoms with van der Waals surface area (Å²) in [6.45, 7) is 3.96. The molecule has 0 aliphatic heterocycles. The summed E-state index contributed by atoms with van der Waals surface area (Å²) < 4.78 is 3.69. The minimum absolute atomic E-state index is 0. The van der Waals surface area contributed by atoms with Crippen LogP contribution >= 0.6 is 0 Å². The topological polar surface area (TPSA) is 35.6 Å². The van der Waals surface area contributed by atoms with Gasteiger partial charge in [0.2, 0.25) is 0 Å². The van der Waals surface area contributed by atoms with Gasteiger partial charge in [-0.15, -0.1) is 6.07 Å². The molecule has 0 N–H and O–H groups in total. The van der Waals surface area contributed by atoms with Crippen LogP contribution in [0.25, 0.3) is 11.4 Å². The quantitative estimate of drug-likeness (QED) is 0.382. The average molecular weight is 508 g/mol. The summed E-state index contributed by atoms with van der Waals surface area (Å²) in [5.41, 5.74) is 4.14. The van der Waals surface area contributed by atoms with Gasteiger partial charge in [-0.05, 0) is 43.8 Å². The Labute approximate surface area is 161 Å². The second kappa shape index (κ2) is 9.11. The first-order chi connectivity index (χ1) is 11.7. The van der Waals surface area contributed by atoms with Crippen molar-refractivity contribution in [3.63, 3.8) is 0 Å². The molecule has 2 aromatic carbocycles. The van der Waals surface area contributed by atoms with Crippen molar-refractivity contribution in [1.29, 1.82) is 0 Å². The number of aromatic nitrogens is 4. The van der Waals surface area contributed by atoms with Crippen LogP contribution in [-0.4, -0.2) is 19.6 Å². The van der Waals surface area contributed by atoms with Gasteiger partial charge >= 0.3 is 0 Å². The Morgan fingerprint density at radius 3 is 1.84 bits per heavy atom. The van der Waals surface area contributed by atoms with E-state index in [0.29, 0.717) is 0 Å². The molecule has 4 aromatic rings. The van der Waals surface area contributed by atoms with E-state index in [1.807, 2.05) is 102 Å². The van der Waals surface area contributed by atoms with Gasteiger partial charge in [-0.25, -0.2) is 4.68 Å². The molecule has 0 aliphatic rings. The monoisotopic (exact) mass is 508 g/mol. The summed E-state index contributed by atoms with van der Waals surface area (Å²) in [4.78, 5) is 0. The van der Waals surface area contributed by atoms with Gasteiger partial charge in [-0.1, -0.05) is 18.2 Å². The molecule has 0 fully saturated rings. The number of aryl methyl sites for hydroxylation is 2. The van der Waals surface area contributed by atoms with Crippen LogP contribution in [0.5, 0.6) is 0 Å². The zero-order valence-electron chi connectivity index (χ0n) is 14.1. The van der Waals surface area contributed by atoms with E-state index in [1.54, 1.807) is 0 Å². The van der Waals surface area contributed by atoms with E-state index in [4.69, 9.17) is 0 Å². The maximum absolute atomic E-state index is 4.30. The number of benzene rings is 2. The summed E-state index contributed by atoms with van der Waals surface area (Å²) in [5, 5.41) is 8.56. The number of rotatable bonds is 2. The first kappa shape index (κ1) is 18.8. The number of para-hydroxylation sites is 2. The number of hydrogen-bond acceptors (Lipinski definition) is 2. The maximum atomic E-state index is 4.30. The van der Waals surface area contributed by atoms with Crippen LogP contribution in [0.2, 0.25) is 0 Å². The van der Waals surface area contributed by atoms with Gasteiger partial charge in [0.15, 0.2) is 0 Å². The van der Waals surface area contributed by atoms with Crippen LogP contribution in [0.1, 0.15) is 11.4 Å². The standard InChI is InChI=1S/C10H10N2.C10H9N2.Ir/c2*1-9-7-8-12(11-9)10-5-3-2-4-6-10;/h2-8H,1H3;2-5,7-8H,1H3;/q;-1;. The van der Waals surface area contributed by atoms with Gasteiger partial charge in [0, 0.05) is 32.5 Å². The molecule has 1 radical (unpaired) electrons. The van der Waals surface area contributed by atoms with Crippen LogP contribution in [0.4, 0.5) is 0 Å². The fourth-order valence-corrected chi connectivity index (χ4v) is 2.22. The Bertz CT molecular complexity index is 806. The summed E-state index contributed by atoms with van der Waals surface area (Å²) in [6, 6.07) is 24.9. The normalized spacial score (nSPS) is 9.68. The van der Waals surface area contributed by atoms with Crippen LogP contribution in [0, 0.1) is 19.9 Å². The molecule has 4 nitrogen and oxygen atoms in total. The summed E-state index contributed by atoms with van der Waals surface area (Å²) in [7, 11) is 0. The minimum atomic E-state index is 0. The number of hydrogen-bond donors (Lipinski definition) is 0. The van der Waals surface area contributed by atoms with Gasteiger partial charge in [0.25, 0.3) is 0 Å². The van der Waals surface area contributed by atoms with E-state index in [0.717, 1.165) is 22.8 Å². The molecule has 0 amide bonds. The molecular weight excluding hydrogens is 488 g/mol.